The van der Waals surface area contributed by atoms with Gasteiger partial charge < -0.3 is 10.2 Å². The minimum absolute atomic E-state index is 0.232. The summed E-state index contributed by atoms with van der Waals surface area (Å²) in [5.41, 5.74) is 2.21. The van der Waals surface area contributed by atoms with E-state index in [9.17, 15) is 10.2 Å². The fourth-order valence-electron chi connectivity index (χ4n) is 3.02. The summed E-state index contributed by atoms with van der Waals surface area (Å²) in [5, 5.41) is 19.6. The molecule has 122 valence electrons. The first-order valence-electron chi connectivity index (χ1n) is 8.16. The first kappa shape index (κ1) is 16.0. The van der Waals surface area contributed by atoms with Crippen molar-refractivity contribution < 1.29 is 10.2 Å². The van der Waals surface area contributed by atoms with Crippen LogP contribution in [-0.4, -0.2) is 52.7 Å². The molecule has 3 rings (SSSR count). The van der Waals surface area contributed by atoms with Gasteiger partial charge in [0.2, 0.25) is 0 Å². The van der Waals surface area contributed by atoms with E-state index in [0.717, 1.165) is 38.3 Å². The van der Waals surface area contributed by atoms with Crippen LogP contribution >= 0.6 is 0 Å². The Kier molecular flexibility index (Phi) is 5.28. The van der Waals surface area contributed by atoms with Crippen LogP contribution in [0.25, 0.3) is 0 Å². The van der Waals surface area contributed by atoms with E-state index in [1.165, 1.54) is 5.56 Å². The number of phenolic OH excluding ortho intramolecular Hbond substituents is 1. The van der Waals surface area contributed by atoms with Gasteiger partial charge in [0.25, 0.3) is 0 Å². The monoisotopic (exact) mass is 312 g/mol. The van der Waals surface area contributed by atoms with Crippen molar-refractivity contribution in [2.45, 2.75) is 12.6 Å². The third kappa shape index (κ3) is 4.55. The number of β-amino-alcohol motifs (C(OH)–C–C–N with tert-alkyl or cyclic N) is 1. The fourth-order valence-corrected chi connectivity index (χ4v) is 3.02. The molecule has 1 unspecified atom stereocenters. The van der Waals surface area contributed by atoms with Crippen molar-refractivity contribution in [1.82, 2.24) is 9.80 Å². The van der Waals surface area contributed by atoms with Gasteiger partial charge in [-0.25, -0.2) is 0 Å². The van der Waals surface area contributed by atoms with Gasteiger partial charge in [-0.15, -0.1) is 0 Å². The SMILES string of the molecule is Oc1ccc(C(O)CN2CCN(Cc3ccccc3)CC2)cc1. The van der Waals surface area contributed by atoms with Crippen molar-refractivity contribution in [3.05, 3.63) is 65.7 Å². The number of rotatable bonds is 5. The highest BCUT2D eigenvalue weighted by Gasteiger charge is 2.19. The Hall–Kier alpha value is -1.88. The van der Waals surface area contributed by atoms with Crippen LogP contribution in [0.5, 0.6) is 5.75 Å². The van der Waals surface area contributed by atoms with Crippen LogP contribution in [0.2, 0.25) is 0 Å². The number of piperazine rings is 1. The Morgan fingerprint density at radius 3 is 2.09 bits per heavy atom. The quantitative estimate of drug-likeness (QED) is 0.889. The molecular formula is C19H24N2O2. The third-order valence-electron chi connectivity index (χ3n) is 4.42. The number of aliphatic hydroxyl groups is 1. The molecule has 4 heteroatoms. The standard InChI is InChI=1S/C19H24N2O2/c22-18-8-6-17(7-9-18)19(23)15-21-12-10-20(11-13-21)14-16-4-2-1-3-5-16/h1-9,19,22-23H,10-15H2. The largest absolute Gasteiger partial charge is 0.508 e. The van der Waals surface area contributed by atoms with E-state index in [1.54, 1.807) is 24.3 Å². The number of nitrogens with zero attached hydrogens (tertiary/aromatic N) is 2. The predicted octanol–water partition coefficient (Wildman–Crippen LogP) is 2.24. The van der Waals surface area contributed by atoms with Gasteiger partial charge in [0.05, 0.1) is 6.10 Å². The molecule has 0 bridgehead atoms. The first-order valence-corrected chi connectivity index (χ1v) is 8.16. The highest BCUT2D eigenvalue weighted by Crippen LogP contribution is 2.18. The molecule has 1 heterocycles. The molecule has 1 atom stereocenters. The van der Waals surface area contributed by atoms with Crippen LogP contribution in [0.3, 0.4) is 0 Å². The Labute approximate surface area is 137 Å². The fraction of sp³-hybridized carbons (Fsp3) is 0.368. The molecule has 0 aromatic heterocycles. The summed E-state index contributed by atoms with van der Waals surface area (Å²) in [6.07, 6.45) is -0.503. The van der Waals surface area contributed by atoms with Gasteiger partial charge in [0, 0.05) is 39.3 Å². The molecule has 1 aliphatic heterocycles. The summed E-state index contributed by atoms with van der Waals surface area (Å²) >= 11 is 0. The number of hydrogen-bond donors (Lipinski definition) is 2. The molecule has 4 nitrogen and oxygen atoms in total. The van der Waals surface area contributed by atoms with Crippen molar-refractivity contribution >= 4 is 0 Å². The van der Waals surface area contributed by atoms with E-state index < -0.39 is 6.10 Å². The number of phenols is 1. The van der Waals surface area contributed by atoms with Crippen LogP contribution < -0.4 is 0 Å². The Morgan fingerprint density at radius 2 is 1.43 bits per heavy atom. The van der Waals surface area contributed by atoms with Gasteiger partial charge in [0.15, 0.2) is 0 Å². The molecule has 0 spiro atoms. The highest BCUT2D eigenvalue weighted by atomic mass is 16.3. The lowest BCUT2D eigenvalue weighted by molar-refractivity contribution is 0.0701. The van der Waals surface area contributed by atoms with Crippen molar-refractivity contribution in [2.24, 2.45) is 0 Å². The lowest BCUT2D eigenvalue weighted by atomic mass is 10.1. The second kappa shape index (κ2) is 7.59. The maximum absolute atomic E-state index is 10.3. The third-order valence-corrected chi connectivity index (χ3v) is 4.42. The van der Waals surface area contributed by atoms with Gasteiger partial charge >= 0.3 is 0 Å². The molecule has 23 heavy (non-hydrogen) atoms. The number of benzene rings is 2. The van der Waals surface area contributed by atoms with E-state index in [4.69, 9.17) is 0 Å². The van der Waals surface area contributed by atoms with E-state index in [0.29, 0.717) is 6.54 Å². The molecule has 2 N–H and O–H groups in total. The molecule has 1 aliphatic rings. The Balaban J connectivity index is 1.46. The maximum atomic E-state index is 10.3. The minimum Gasteiger partial charge on any atom is -0.508 e. The second-order valence-corrected chi connectivity index (χ2v) is 6.17. The van der Waals surface area contributed by atoms with Gasteiger partial charge in [-0.05, 0) is 23.3 Å². The number of hydrogen-bond acceptors (Lipinski definition) is 4. The van der Waals surface area contributed by atoms with E-state index in [2.05, 4.69) is 34.1 Å². The van der Waals surface area contributed by atoms with Crippen LogP contribution in [0.1, 0.15) is 17.2 Å². The second-order valence-electron chi connectivity index (χ2n) is 6.17. The molecule has 0 aliphatic carbocycles. The van der Waals surface area contributed by atoms with E-state index in [1.807, 2.05) is 6.07 Å². The first-order chi connectivity index (χ1) is 11.2. The molecule has 2 aromatic rings. The number of aromatic hydroxyl groups is 1. The summed E-state index contributed by atoms with van der Waals surface area (Å²) in [6.45, 7) is 5.64. The summed E-state index contributed by atoms with van der Waals surface area (Å²) in [4.78, 5) is 4.76. The minimum atomic E-state index is -0.503. The van der Waals surface area contributed by atoms with Gasteiger partial charge in [0.1, 0.15) is 5.75 Å². The van der Waals surface area contributed by atoms with Crippen molar-refractivity contribution in [1.29, 1.82) is 0 Å². The van der Waals surface area contributed by atoms with E-state index >= 15 is 0 Å². The molecule has 2 aromatic carbocycles. The number of aliphatic hydroxyl groups excluding tert-OH is 1. The molecule has 0 amide bonds. The summed E-state index contributed by atoms with van der Waals surface area (Å²) in [7, 11) is 0. The zero-order valence-corrected chi connectivity index (χ0v) is 13.3. The predicted molar refractivity (Wildman–Crippen MR) is 91.2 cm³/mol. The topological polar surface area (TPSA) is 46.9 Å². The van der Waals surface area contributed by atoms with Crippen molar-refractivity contribution in [3.63, 3.8) is 0 Å². The summed E-state index contributed by atoms with van der Waals surface area (Å²) in [6, 6.07) is 17.4. The molecule has 0 radical (unpaired) electrons. The van der Waals surface area contributed by atoms with Crippen molar-refractivity contribution in [2.75, 3.05) is 32.7 Å². The normalized spacial score (nSPS) is 18.0. The van der Waals surface area contributed by atoms with Gasteiger partial charge in [-0.1, -0.05) is 42.5 Å². The Morgan fingerprint density at radius 1 is 0.826 bits per heavy atom. The average Bonchev–Trinajstić information content (AvgIpc) is 2.58. The van der Waals surface area contributed by atoms with Crippen LogP contribution in [0.15, 0.2) is 54.6 Å². The average molecular weight is 312 g/mol. The Bertz CT molecular complexity index is 593. The van der Waals surface area contributed by atoms with Crippen LogP contribution in [0, 0.1) is 0 Å². The zero-order valence-electron chi connectivity index (χ0n) is 13.3. The smallest absolute Gasteiger partial charge is 0.115 e. The molecule has 1 saturated heterocycles. The molecule has 1 fully saturated rings. The van der Waals surface area contributed by atoms with Crippen LogP contribution in [0.4, 0.5) is 0 Å². The van der Waals surface area contributed by atoms with Crippen molar-refractivity contribution in [3.8, 4) is 5.75 Å². The van der Waals surface area contributed by atoms with Gasteiger partial charge in [-0.3, -0.25) is 9.80 Å². The molecule has 0 saturated carbocycles. The summed E-state index contributed by atoms with van der Waals surface area (Å²) < 4.78 is 0. The maximum Gasteiger partial charge on any atom is 0.115 e. The lowest BCUT2D eigenvalue weighted by Gasteiger charge is -2.35. The van der Waals surface area contributed by atoms with Gasteiger partial charge in [-0.2, -0.15) is 0 Å². The van der Waals surface area contributed by atoms with Crippen LogP contribution in [-0.2, 0) is 6.54 Å². The van der Waals surface area contributed by atoms with E-state index in [-0.39, 0.29) is 5.75 Å². The molecular weight excluding hydrogens is 288 g/mol. The lowest BCUT2D eigenvalue weighted by Crippen LogP contribution is -2.47. The summed E-state index contributed by atoms with van der Waals surface area (Å²) in [5.74, 6) is 0.232. The zero-order chi connectivity index (χ0) is 16.1. The highest BCUT2D eigenvalue weighted by molar-refractivity contribution is 5.27.